The zero-order chi connectivity index (χ0) is 43.9. The summed E-state index contributed by atoms with van der Waals surface area (Å²) >= 11 is 6.05. The van der Waals surface area contributed by atoms with Crippen molar-refractivity contribution in [1.29, 1.82) is 0 Å². The van der Waals surface area contributed by atoms with Gasteiger partial charge in [0.15, 0.2) is 16.6 Å². The molecule has 1 aliphatic rings. The number of rotatable bonds is 23. The van der Waals surface area contributed by atoms with E-state index in [9.17, 15) is 4.79 Å². The Bertz CT molecular complexity index is 1670. The Balaban J connectivity index is 2.01. The van der Waals surface area contributed by atoms with Gasteiger partial charge in [0.25, 0.3) is 0 Å². The van der Waals surface area contributed by atoms with Crippen LogP contribution >= 0.6 is 12.2 Å². The fourth-order valence-corrected chi connectivity index (χ4v) is 20.4. The number of nitrogens with one attached hydrogen (secondary N) is 1. The van der Waals surface area contributed by atoms with Crippen LogP contribution in [0.4, 0.5) is 5.69 Å². The molecule has 0 aromatic heterocycles. The standard InChI is InChI=1S/C48H77NO6SSi3/c1-14-57(15-2,16-3)54-36-48(55-58(17-4,18-5)19-6,30-32-59(37(7)8,38(9)10)39(11)12)34-40-33-44(47(50)53-35-40)46(56)49-45-25-21-20-23-41(45)24-22-31-52-43-28-26-42(51-13)27-29-43/h20-29,37-40,44H,14-19,31,33-36H2,1-13H3,(H,49,56)/b24-22-/t40-,44?,48+/m1/s1. The van der Waals surface area contributed by atoms with Gasteiger partial charge in [0, 0.05) is 5.69 Å². The van der Waals surface area contributed by atoms with Crippen molar-refractivity contribution < 1.29 is 27.9 Å². The molecule has 0 aliphatic carbocycles. The van der Waals surface area contributed by atoms with Crippen LogP contribution in [0.1, 0.15) is 101 Å². The highest BCUT2D eigenvalue weighted by molar-refractivity contribution is 7.80. The van der Waals surface area contributed by atoms with Crippen molar-refractivity contribution in [3.63, 3.8) is 0 Å². The number of anilines is 1. The molecule has 1 saturated heterocycles. The fourth-order valence-electron chi connectivity index (χ4n) is 9.19. The summed E-state index contributed by atoms with van der Waals surface area (Å²) in [6, 6.07) is 21.7. The third-order valence-corrected chi connectivity index (χ3v) is 29.4. The maximum atomic E-state index is 13.6. The van der Waals surface area contributed by atoms with Crippen molar-refractivity contribution in [1.82, 2.24) is 0 Å². The third kappa shape index (κ3) is 13.1. The summed E-state index contributed by atoms with van der Waals surface area (Å²) < 4.78 is 32.2. The maximum Gasteiger partial charge on any atom is 0.315 e. The van der Waals surface area contributed by atoms with Gasteiger partial charge in [0.2, 0.25) is 0 Å². The molecule has 1 aliphatic heterocycles. The van der Waals surface area contributed by atoms with Crippen LogP contribution < -0.4 is 14.8 Å². The quantitative estimate of drug-likeness (QED) is 0.0512. The highest BCUT2D eigenvalue weighted by Gasteiger charge is 2.48. The lowest BCUT2D eigenvalue weighted by Gasteiger charge is -2.45. The molecule has 0 saturated carbocycles. The maximum absolute atomic E-state index is 13.6. The Morgan fingerprint density at radius 2 is 1.42 bits per heavy atom. The lowest BCUT2D eigenvalue weighted by molar-refractivity contribution is -0.154. The average Bonchev–Trinajstić information content (AvgIpc) is 3.23. The largest absolute Gasteiger partial charge is 0.497 e. The van der Waals surface area contributed by atoms with Gasteiger partial charge in [0.05, 0.1) is 25.3 Å². The second kappa shape index (κ2) is 23.5. The van der Waals surface area contributed by atoms with E-state index in [2.05, 4.69) is 99.9 Å². The molecule has 2 aromatic rings. The van der Waals surface area contributed by atoms with Gasteiger partial charge in [-0.3, -0.25) is 4.79 Å². The van der Waals surface area contributed by atoms with E-state index in [1.54, 1.807) is 7.11 Å². The van der Waals surface area contributed by atoms with Gasteiger partial charge in [-0.15, -0.1) is 5.54 Å². The number of benzene rings is 2. The third-order valence-electron chi connectivity index (χ3n) is 13.4. The molecule has 11 heteroatoms. The zero-order valence-corrected chi connectivity index (χ0v) is 42.6. The molecular formula is C48H77NO6SSi3. The number of ether oxygens (including phenoxy) is 3. The predicted molar refractivity (Wildman–Crippen MR) is 260 cm³/mol. The van der Waals surface area contributed by atoms with Crippen LogP contribution in [0, 0.1) is 23.3 Å². The highest BCUT2D eigenvalue weighted by Crippen LogP contribution is 2.43. The smallest absolute Gasteiger partial charge is 0.315 e. The Kier molecular flexibility index (Phi) is 20.1. The lowest BCUT2D eigenvalue weighted by Crippen LogP contribution is -2.54. The molecule has 7 nitrogen and oxygen atoms in total. The van der Waals surface area contributed by atoms with Crippen LogP contribution in [0.5, 0.6) is 11.5 Å². The number of hydrogen-bond donors (Lipinski definition) is 1. The Labute approximate surface area is 367 Å². The molecule has 1 unspecified atom stereocenters. The summed E-state index contributed by atoms with van der Waals surface area (Å²) in [5.74, 6) is 4.68. The summed E-state index contributed by atoms with van der Waals surface area (Å²) in [7, 11) is -4.72. The molecule has 2 aromatic carbocycles. The molecule has 0 bridgehead atoms. The van der Waals surface area contributed by atoms with Gasteiger partial charge in [-0.05, 0) is 114 Å². The van der Waals surface area contributed by atoms with Gasteiger partial charge in [0.1, 0.15) is 37.7 Å². The molecular weight excluding hydrogens is 803 g/mol. The van der Waals surface area contributed by atoms with Gasteiger partial charge in [-0.25, -0.2) is 0 Å². The van der Waals surface area contributed by atoms with Crippen molar-refractivity contribution in [3.8, 4) is 23.0 Å². The van der Waals surface area contributed by atoms with E-state index in [0.29, 0.717) is 54.3 Å². The van der Waals surface area contributed by atoms with Crippen molar-refractivity contribution in [3.05, 3.63) is 60.2 Å². The molecule has 1 fully saturated rings. The first-order chi connectivity index (χ1) is 28.1. The molecule has 0 spiro atoms. The second-order valence-electron chi connectivity index (χ2n) is 17.5. The SMILES string of the molecule is CC[Si](CC)(CC)OC[C@](C#C[Si](C(C)C)(C(C)C)C(C)C)(C[C@@H]1COC(=O)C(C(=S)Nc2ccccc2/C=C\COc2ccc(OC)cc2)C1)O[Si](CC)(CC)CC. The van der Waals surface area contributed by atoms with Crippen LogP contribution in [0.3, 0.4) is 0 Å². The summed E-state index contributed by atoms with van der Waals surface area (Å²) in [6.07, 6.45) is 5.17. The first-order valence-electron chi connectivity index (χ1n) is 22.4. The molecule has 1 heterocycles. The number of esters is 1. The number of para-hydroxylation sites is 1. The van der Waals surface area contributed by atoms with E-state index in [1.807, 2.05) is 60.7 Å². The molecule has 328 valence electrons. The minimum absolute atomic E-state index is 0.00738. The minimum Gasteiger partial charge on any atom is -0.497 e. The van der Waals surface area contributed by atoms with E-state index in [0.717, 1.165) is 59.0 Å². The molecule has 0 amide bonds. The summed E-state index contributed by atoms with van der Waals surface area (Å²) in [4.78, 5) is 14.0. The minimum atomic E-state index is -2.21. The van der Waals surface area contributed by atoms with Crippen molar-refractivity contribution in [2.75, 3.05) is 32.2 Å². The zero-order valence-electron chi connectivity index (χ0n) is 38.8. The van der Waals surface area contributed by atoms with E-state index >= 15 is 0 Å². The number of carbonyl (C=O) groups excluding carboxylic acids is 1. The molecule has 1 N–H and O–H groups in total. The summed E-state index contributed by atoms with van der Waals surface area (Å²) in [5, 5.41) is 3.44. The summed E-state index contributed by atoms with van der Waals surface area (Å²) in [6.45, 7) is 29.1. The van der Waals surface area contributed by atoms with Crippen LogP contribution in [0.15, 0.2) is 54.6 Å². The van der Waals surface area contributed by atoms with Gasteiger partial charge in [-0.1, -0.05) is 125 Å². The van der Waals surface area contributed by atoms with Gasteiger partial charge >= 0.3 is 5.97 Å². The van der Waals surface area contributed by atoms with Crippen LogP contribution in [-0.4, -0.2) is 68.2 Å². The van der Waals surface area contributed by atoms with E-state index in [1.165, 1.54) is 0 Å². The highest BCUT2D eigenvalue weighted by atomic mass is 32.1. The number of cyclic esters (lactones) is 1. The number of hydrogen-bond acceptors (Lipinski definition) is 7. The molecule has 3 rings (SSSR count). The Morgan fingerprint density at radius 3 is 1.97 bits per heavy atom. The fraction of sp³-hybridized carbons (Fsp3) is 0.625. The monoisotopic (exact) mass is 879 g/mol. The first kappa shape index (κ1) is 50.6. The van der Waals surface area contributed by atoms with Crippen molar-refractivity contribution in [2.24, 2.45) is 11.8 Å². The van der Waals surface area contributed by atoms with Crippen molar-refractivity contribution in [2.45, 2.75) is 154 Å². The molecule has 3 atom stereocenters. The predicted octanol–water partition coefficient (Wildman–Crippen LogP) is 13.1. The normalized spacial score (nSPS) is 17.5. The van der Waals surface area contributed by atoms with Gasteiger partial charge in [-0.2, -0.15) is 0 Å². The van der Waals surface area contributed by atoms with E-state index < -0.39 is 36.2 Å². The molecule has 0 radical (unpaired) electrons. The molecule has 59 heavy (non-hydrogen) atoms. The van der Waals surface area contributed by atoms with E-state index in [4.69, 9.17) is 35.3 Å². The number of methoxy groups -OCH3 is 1. The second-order valence-corrected chi connectivity index (χ2v) is 33.0. The van der Waals surface area contributed by atoms with Crippen LogP contribution in [0.25, 0.3) is 6.08 Å². The van der Waals surface area contributed by atoms with Crippen molar-refractivity contribution >= 4 is 59.6 Å². The van der Waals surface area contributed by atoms with E-state index in [-0.39, 0.29) is 11.9 Å². The summed E-state index contributed by atoms with van der Waals surface area (Å²) in [5.41, 5.74) is 6.52. The average molecular weight is 880 g/mol. The lowest BCUT2D eigenvalue weighted by atomic mass is 9.84. The van der Waals surface area contributed by atoms with Gasteiger partial charge < -0.3 is 28.4 Å². The number of carbonyl (C=O) groups is 1. The number of thiocarbonyl (C=S) groups is 1. The Hall–Kier alpha value is -2.73. The van der Waals surface area contributed by atoms with Crippen LogP contribution in [0.2, 0.25) is 52.9 Å². The Morgan fingerprint density at radius 1 is 0.864 bits per heavy atom. The van der Waals surface area contributed by atoms with Crippen LogP contribution in [-0.2, 0) is 18.4 Å². The first-order valence-corrected chi connectivity index (χ1v) is 30.1. The topological polar surface area (TPSA) is 75.3 Å².